The summed E-state index contributed by atoms with van der Waals surface area (Å²) >= 11 is 0. The minimum atomic E-state index is -4.55. The zero-order valence-electron chi connectivity index (χ0n) is 10.2. The van der Waals surface area contributed by atoms with Crippen molar-refractivity contribution < 1.29 is 22.8 Å². The summed E-state index contributed by atoms with van der Waals surface area (Å²) in [6.45, 7) is 1.21. The van der Waals surface area contributed by atoms with Gasteiger partial charge in [0, 0.05) is 19.5 Å². The summed E-state index contributed by atoms with van der Waals surface area (Å²) in [7, 11) is 1.26. The van der Waals surface area contributed by atoms with Gasteiger partial charge in [-0.1, -0.05) is 12.1 Å². The van der Waals surface area contributed by atoms with E-state index < -0.39 is 29.6 Å². The lowest BCUT2D eigenvalue weighted by Crippen LogP contribution is -2.34. The molecule has 1 atom stereocenters. The number of amides is 2. The summed E-state index contributed by atoms with van der Waals surface area (Å²) in [5.41, 5.74) is -0.912. The van der Waals surface area contributed by atoms with E-state index >= 15 is 0 Å². The standard InChI is InChI=1S/C12H11F3N2O2/c1-6(18)16-9-7-4-3-5-8(12(13,14)15)10(7)17(2)11(9)19/h3-5,9H,1-2H3,(H,16,18). The number of alkyl halides is 3. The largest absolute Gasteiger partial charge is 0.418 e. The molecule has 4 nitrogen and oxygen atoms in total. The Labute approximate surface area is 107 Å². The second kappa shape index (κ2) is 4.25. The molecule has 1 aliphatic heterocycles. The normalized spacial score (nSPS) is 18.5. The number of rotatable bonds is 1. The van der Waals surface area contributed by atoms with E-state index in [2.05, 4.69) is 5.32 Å². The number of carbonyl (C=O) groups is 2. The van der Waals surface area contributed by atoms with Crippen molar-refractivity contribution in [1.82, 2.24) is 5.32 Å². The van der Waals surface area contributed by atoms with Gasteiger partial charge in [0.2, 0.25) is 5.91 Å². The Hall–Kier alpha value is -2.05. The predicted molar refractivity (Wildman–Crippen MR) is 61.4 cm³/mol. The van der Waals surface area contributed by atoms with Gasteiger partial charge < -0.3 is 10.2 Å². The molecule has 2 amide bonds. The maximum atomic E-state index is 12.9. The van der Waals surface area contributed by atoms with Gasteiger partial charge in [0.1, 0.15) is 6.04 Å². The molecule has 1 N–H and O–H groups in total. The van der Waals surface area contributed by atoms with Gasteiger partial charge in [-0.25, -0.2) is 0 Å². The van der Waals surface area contributed by atoms with Gasteiger partial charge >= 0.3 is 6.18 Å². The number of carbonyl (C=O) groups excluding carboxylic acids is 2. The van der Waals surface area contributed by atoms with Crippen molar-refractivity contribution in [3.8, 4) is 0 Å². The number of fused-ring (bicyclic) bond motifs is 1. The highest BCUT2D eigenvalue weighted by Gasteiger charge is 2.43. The predicted octanol–water partition coefficient (Wildman–Crippen LogP) is 1.86. The van der Waals surface area contributed by atoms with Crippen molar-refractivity contribution in [3.05, 3.63) is 29.3 Å². The van der Waals surface area contributed by atoms with E-state index in [1.165, 1.54) is 26.1 Å². The molecule has 1 aliphatic rings. The lowest BCUT2D eigenvalue weighted by atomic mass is 10.0. The summed E-state index contributed by atoms with van der Waals surface area (Å²) < 4.78 is 38.7. The first kappa shape index (κ1) is 13.4. The van der Waals surface area contributed by atoms with Crippen LogP contribution in [0.1, 0.15) is 24.1 Å². The molecule has 0 fully saturated rings. The Morgan fingerprint density at radius 2 is 2.00 bits per heavy atom. The number of likely N-dealkylation sites (N-methyl/N-ethyl adjacent to an activating group) is 1. The maximum absolute atomic E-state index is 12.9. The van der Waals surface area contributed by atoms with E-state index in [4.69, 9.17) is 0 Å². The van der Waals surface area contributed by atoms with Gasteiger partial charge in [0.25, 0.3) is 5.91 Å². The number of hydrogen-bond donors (Lipinski definition) is 1. The third-order valence-corrected chi connectivity index (χ3v) is 2.94. The lowest BCUT2D eigenvalue weighted by molar-refractivity contribution is -0.137. The molecule has 1 heterocycles. The monoisotopic (exact) mass is 272 g/mol. The van der Waals surface area contributed by atoms with Crippen LogP contribution >= 0.6 is 0 Å². The highest BCUT2D eigenvalue weighted by molar-refractivity contribution is 6.06. The Morgan fingerprint density at radius 3 is 2.53 bits per heavy atom. The van der Waals surface area contributed by atoms with Crippen molar-refractivity contribution in [2.75, 3.05) is 11.9 Å². The molecule has 1 aromatic carbocycles. The maximum Gasteiger partial charge on any atom is 0.418 e. The molecule has 0 aliphatic carbocycles. The van der Waals surface area contributed by atoms with Gasteiger partial charge in [-0.3, -0.25) is 9.59 Å². The molecule has 0 saturated heterocycles. The molecule has 0 aromatic heterocycles. The molecule has 1 unspecified atom stereocenters. The summed E-state index contributed by atoms with van der Waals surface area (Å²) in [6.07, 6.45) is -4.55. The lowest BCUT2D eigenvalue weighted by Gasteiger charge is -2.16. The number of para-hydroxylation sites is 1. The van der Waals surface area contributed by atoms with E-state index in [1.54, 1.807) is 0 Å². The highest BCUT2D eigenvalue weighted by Crippen LogP contribution is 2.44. The second-order valence-corrected chi connectivity index (χ2v) is 4.27. The van der Waals surface area contributed by atoms with Crippen LogP contribution in [0.4, 0.5) is 18.9 Å². The van der Waals surface area contributed by atoms with Crippen molar-refractivity contribution in [1.29, 1.82) is 0 Å². The zero-order chi connectivity index (χ0) is 14.4. The van der Waals surface area contributed by atoms with Crippen LogP contribution < -0.4 is 10.2 Å². The summed E-state index contributed by atoms with van der Waals surface area (Å²) in [4.78, 5) is 23.9. The van der Waals surface area contributed by atoms with Crippen LogP contribution in [0.2, 0.25) is 0 Å². The number of hydrogen-bond acceptors (Lipinski definition) is 2. The van der Waals surface area contributed by atoms with E-state index in [-0.39, 0.29) is 11.3 Å². The van der Waals surface area contributed by atoms with Gasteiger partial charge in [-0.2, -0.15) is 13.2 Å². The Balaban J connectivity index is 2.58. The van der Waals surface area contributed by atoms with Crippen LogP contribution in [0.5, 0.6) is 0 Å². The number of nitrogens with zero attached hydrogens (tertiary/aromatic N) is 1. The van der Waals surface area contributed by atoms with Gasteiger partial charge in [-0.05, 0) is 6.07 Å². The summed E-state index contributed by atoms with van der Waals surface area (Å²) in [5, 5.41) is 2.36. The highest BCUT2D eigenvalue weighted by atomic mass is 19.4. The Morgan fingerprint density at radius 1 is 1.37 bits per heavy atom. The van der Waals surface area contributed by atoms with Crippen molar-refractivity contribution in [3.63, 3.8) is 0 Å². The van der Waals surface area contributed by atoms with Crippen molar-refractivity contribution in [2.24, 2.45) is 0 Å². The van der Waals surface area contributed by atoms with E-state index in [9.17, 15) is 22.8 Å². The first-order valence-electron chi connectivity index (χ1n) is 5.48. The molecule has 19 heavy (non-hydrogen) atoms. The molecule has 0 radical (unpaired) electrons. The third kappa shape index (κ3) is 2.16. The van der Waals surface area contributed by atoms with Crippen LogP contribution in [0.25, 0.3) is 0 Å². The minimum absolute atomic E-state index is 0.164. The molecule has 2 rings (SSSR count). The SMILES string of the molecule is CC(=O)NC1C(=O)N(C)c2c1cccc2C(F)(F)F. The molecule has 0 spiro atoms. The fourth-order valence-corrected chi connectivity index (χ4v) is 2.18. The van der Waals surface area contributed by atoms with E-state index in [0.717, 1.165) is 11.0 Å². The first-order valence-corrected chi connectivity index (χ1v) is 5.48. The average Bonchev–Trinajstić information content (AvgIpc) is 2.53. The quantitative estimate of drug-likeness (QED) is 0.848. The van der Waals surface area contributed by atoms with Gasteiger partial charge in [-0.15, -0.1) is 0 Å². The molecular formula is C12H11F3N2O2. The Bertz CT molecular complexity index is 554. The van der Waals surface area contributed by atoms with Crippen molar-refractivity contribution >= 4 is 17.5 Å². The van der Waals surface area contributed by atoms with E-state index in [1.807, 2.05) is 0 Å². The fraction of sp³-hybridized carbons (Fsp3) is 0.333. The number of anilines is 1. The summed E-state index contributed by atoms with van der Waals surface area (Å²) in [5.74, 6) is -1.06. The fourth-order valence-electron chi connectivity index (χ4n) is 2.18. The van der Waals surface area contributed by atoms with Crippen LogP contribution in [0.3, 0.4) is 0 Å². The molecule has 102 valence electrons. The van der Waals surface area contributed by atoms with Crippen LogP contribution in [0.15, 0.2) is 18.2 Å². The first-order chi connectivity index (χ1) is 8.73. The molecular weight excluding hydrogens is 261 g/mol. The van der Waals surface area contributed by atoms with E-state index in [0.29, 0.717) is 0 Å². The minimum Gasteiger partial charge on any atom is -0.341 e. The summed E-state index contributed by atoms with van der Waals surface area (Å²) in [6, 6.07) is 2.49. The van der Waals surface area contributed by atoms with Gasteiger partial charge in [0.05, 0.1) is 11.3 Å². The number of benzene rings is 1. The molecule has 0 bridgehead atoms. The van der Waals surface area contributed by atoms with Crippen LogP contribution in [0, 0.1) is 0 Å². The second-order valence-electron chi connectivity index (χ2n) is 4.27. The third-order valence-electron chi connectivity index (χ3n) is 2.94. The van der Waals surface area contributed by atoms with Crippen LogP contribution in [-0.2, 0) is 15.8 Å². The van der Waals surface area contributed by atoms with Crippen LogP contribution in [-0.4, -0.2) is 18.9 Å². The topological polar surface area (TPSA) is 49.4 Å². The average molecular weight is 272 g/mol. The molecule has 1 aromatic rings. The number of nitrogens with one attached hydrogen (secondary N) is 1. The zero-order valence-corrected chi connectivity index (χ0v) is 10.2. The van der Waals surface area contributed by atoms with Crippen molar-refractivity contribution in [2.45, 2.75) is 19.1 Å². The number of halogens is 3. The molecule has 0 saturated carbocycles. The smallest absolute Gasteiger partial charge is 0.341 e. The molecule has 7 heteroatoms. The Kier molecular flexibility index (Phi) is 3.00. The van der Waals surface area contributed by atoms with Gasteiger partial charge in [0.15, 0.2) is 0 Å².